The van der Waals surface area contributed by atoms with Gasteiger partial charge in [0.2, 0.25) is 0 Å². The molecule has 2 aromatic heterocycles. The number of unbranched alkanes of at least 4 members (excludes halogenated alkanes) is 1. The summed E-state index contributed by atoms with van der Waals surface area (Å²) in [5.41, 5.74) is 8.71. The van der Waals surface area contributed by atoms with Crippen molar-refractivity contribution in [2.75, 3.05) is 6.61 Å². The average molecular weight is 775 g/mol. The molecule has 0 spiro atoms. The van der Waals surface area contributed by atoms with Crippen molar-refractivity contribution in [2.45, 2.75) is 67.0 Å². The monoisotopic (exact) mass is 772 g/mol. The van der Waals surface area contributed by atoms with E-state index in [2.05, 4.69) is 104 Å². The van der Waals surface area contributed by atoms with Gasteiger partial charge in [-0.05, 0) is 106 Å². The fourth-order valence-electron chi connectivity index (χ4n) is 5.26. The molecule has 5 rings (SSSR count). The molecule has 0 atom stereocenters. The molecule has 249 valence electrons. The van der Waals surface area contributed by atoms with Crippen molar-refractivity contribution in [1.29, 1.82) is 0 Å². The van der Waals surface area contributed by atoms with Crippen molar-refractivity contribution in [3.63, 3.8) is 0 Å². The zero-order valence-electron chi connectivity index (χ0n) is 27.1. The number of nitrogens with zero attached hydrogens (tertiary/aromatic N) is 3. The second-order valence-corrected chi connectivity index (χ2v) is 13.7. The van der Waals surface area contributed by atoms with Crippen LogP contribution in [0.25, 0.3) is 5.69 Å². The van der Waals surface area contributed by atoms with Crippen LogP contribution in [-0.2, 0) is 35.5 Å². The molecule has 0 saturated carbocycles. The third-order valence-corrected chi connectivity index (χ3v) is 7.45. The molecular formula is C37H43Cl3N3O2Pd. The van der Waals surface area contributed by atoms with E-state index in [9.17, 15) is 0 Å². The predicted molar refractivity (Wildman–Crippen MR) is 189 cm³/mol. The van der Waals surface area contributed by atoms with Crippen molar-refractivity contribution in [1.82, 2.24) is 14.1 Å². The molecule has 0 aliphatic rings. The Morgan fingerprint density at radius 2 is 1.57 bits per heavy atom. The van der Waals surface area contributed by atoms with E-state index in [4.69, 9.17) is 40.1 Å². The van der Waals surface area contributed by atoms with Crippen LogP contribution in [0.5, 0.6) is 11.5 Å². The number of aromatic nitrogens is 3. The van der Waals surface area contributed by atoms with Crippen molar-refractivity contribution in [3.05, 3.63) is 136 Å². The Bertz CT molecular complexity index is 1590. The van der Waals surface area contributed by atoms with E-state index in [0.29, 0.717) is 11.6 Å². The SMILES string of the molecule is CCc1cc(OCc2ccccc2)cc(C)c1OCCCCn1ccn(-c2c(C)cc(C)cc2C)[cH+]1.Clc1cccnc1.[Cl][Pd-][Cl]. The third kappa shape index (κ3) is 12.4. The molecule has 2 heterocycles. The molecule has 9 heteroatoms. The molecule has 0 fully saturated rings. The summed E-state index contributed by atoms with van der Waals surface area (Å²) in [5.74, 6) is 1.91. The normalized spacial score (nSPS) is 10.4. The zero-order valence-corrected chi connectivity index (χ0v) is 30.9. The number of hydrogen-bond donors (Lipinski definition) is 0. The predicted octanol–water partition coefficient (Wildman–Crippen LogP) is 10.9. The van der Waals surface area contributed by atoms with Crippen molar-refractivity contribution in [3.8, 4) is 17.2 Å². The molecule has 5 nitrogen and oxygen atoms in total. The summed E-state index contributed by atoms with van der Waals surface area (Å²) in [5, 5.41) is 0.683. The molecular weight excluding hydrogens is 731 g/mol. The van der Waals surface area contributed by atoms with Crippen molar-refractivity contribution >= 4 is 30.7 Å². The fraction of sp³-hybridized carbons (Fsp3) is 0.297. The van der Waals surface area contributed by atoms with Gasteiger partial charge in [0, 0.05) is 30.1 Å². The van der Waals surface area contributed by atoms with Gasteiger partial charge in [0.05, 0.1) is 11.6 Å². The quantitative estimate of drug-likeness (QED) is 0.0762. The number of rotatable bonds is 11. The zero-order chi connectivity index (χ0) is 33.3. The minimum absolute atomic E-state index is 0.106. The van der Waals surface area contributed by atoms with Crippen LogP contribution >= 0.6 is 30.7 Å². The van der Waals surface area contributed by atoms with Crippen LogP contribution in [0, 0.1) is 27.7 Å². The van der Waals surface area contributed by atoms with Crippen LogP contribution in [0.1, 0.15) is 53.1 Å². The molecule has 0 unspecified atom stereocenters. The molecule has 0 bridgehead atoms. The molecule has 46 heavy (non-hydrogen) atoms. The van der Waals surface area contributed by atoms with E-state index in [1.54, 1.807) is 24.5 Å². The van der Waals surface area contributed by atoms with Crippen LogP contribution in [-0.4, -0.2) is 20.7 Å². The Balaban J connectivity index is 0.000000495. The van der Waals surface area contributed by atoms with E-state index >= 15 is 0 Å². The number of halogens is 3. The van der Waals surface area contributed by atoms with E-state index in [1.807, 2.05) is 18.2 Å². The van der Waals surface area contributed by atoms with Crippen molar-refractivity contribution in [2.24, 2.45) is 0 Å². The molecule has 0 aliphatic carbocycles. The molecule has 0 saturated heterocycles. The summed E-state index contributed by atoms with van der Waals surface area (Å²) in [6, 6.07) is 22.6. The Kier molecular flexibility index (Phi) is 16.7. The minimum atomic E-state index is -0.106. The van der Waals surface area contributed by atoms with Gasteiger partial charge in [-0.3, -0.25) is 9.55 Å². The molecule has 0 amide bonds. The van der Waals surface area contributed by atoms with Gasteiger partial charge in [0.25, 0.3) is 0 Å². The van der Waals surface area contributed by atoms with Crippen LogP contribution in [0.15, 0.2) is 97.8 Å². The summed E-state index contributed by atoms with van der Waals surface area (Å²) in [7, 11) is 9.63. The van der Waals surface area contributed by atoms with Crippen LogP contribution < -0.4 is 9.47 Å². The Labute approximate surface area is 295 Å². The Hall–Kier alpha value is -2.85. The van der Waals surface area contributed by atoms with Gasteiger partial charge in [-0.1, -0.05) is 48.9 Å². The van der Waals surface area contributed by atoms with Gasteiger partial charge in [0.15, 0.2) is 6.33 Å². The summed E-state index contributed by atoms with van der Waals surface area (Å²) >= 11 is 5.37. The van der Waals surface area contributed by atoms with Gasteiger partial charge in [-0.2, -0.15) is 4.57 Å². The first-order chi connectivity index (χ1) is 22.2. The average Bonchev–Trinajstić information content (AvgIpc) is 3.49. The summed E-state index contributed by atoms with van der Waals surface area (Å²) in [4.78, 5) is 3.75. The van der Waals surface area contributed by atoms with Gasteiger partial charge in [-0.25, -0.2) is 0 Å². The van der Waals surface area contributed by atoms with E-state index in [0.717, 1.165) is 49.5 Å². The number of pyridine rings is 1. The maximum absolute atomic E-state index is 6.26. The van der Waals surface area contributed by atoms with Crippen LogP contribution in [0.3, 0.4) is 0 Å². The second-order valence-electron chi connectivity index (χ2n) is 10.9. The second kappa shape index (κ2) is 20.4. The van der Waals surface area contributed by atoms with E-state index in [-0.39, 0.29) is 15.9 Å². The maximum atomic E-state index is 6.26. The number of benzene rings is 3. The van der Waals surface area contributed by atoms with Gasteiger partial charge in [0.1, 0.15) is 36.2 Å². The third-order valence-electron chi connectivity index (χ3n) is 7.22. The van der Waals surface area contributed by atoms with Gasteiger partial charge >= 0.3 is 35.0 Å². The fourth-order valence-corrected chi connectivity index (χ4v) is 5.38. The number of imidazole rings is 1. The number of aryl methyl sites for hydroxylation is 6. The van der Waals surface area contributed by atoms with Crippen LogP contribution in [0.2, 0.25) is 5.02 Å². The Morgan fingerprint density at radius 3 is 2.17 bits per heavy atom. The van der Waals surface area contributed by atoms with E-state index in [1.165, 1.54) is 33.5 Å². The molecule has 0 aliphatic heterocycles. The first-order valence-electron chi connectivity index (χ1n) is 15.2. The van der Waals surface area contributed by atoms with E-state index < -0.39 is 0 Å². The molecule has 5 aromatic rings. The molecule has 3 aromatic carbocycles. The van der Waals surface area contributed by atoms with Crippen LogP contribution in [0.4, 0.5) is 0 Å². The Morgan fingerprint density at radius 1 is 0.848 bits per heavy atom. The molecule has 0 radical (unpaired) electrons. The number of hydrogen-bond acceptors (Lipinski definition) is 3. The summed E-state index contributed by atoms with van der Waals surface area (Å²) < 4.78 is 16.8. The standard InChI is InChI=1S/C32H39N2O2.C5H4ClN.2ClH.Pd/c1-6-29-21-30(36-22-28-12-8-7-9-13-28)20-27(5)32(29)35-17-11-10-14-33-15-16-34(23-33)31-25(3)18-24(2)19-26(31)4;6-5-2-1-3-7-4-5;;;/h7-9,12-13,15-16,18-21,23H,6,10-11,14,17,22H2,1-5H3;1-4H;2*1H;/q+1;;;;+1/p-2. The first-order valence-corrected chi connectivity index (χ1v) is 19.6. The van der Waals surface area contributed by atoms with Crippen molar-refractivity contribution < 1.29 is 25.4 Å². The number of ether oxygens (including phenoxy) is 2. The molecule has 0 N–H and O–H groups in total. The van der Waals surface area contributed by atoms with Gasteiger partial charge in [-0.15, -0.1) is 0 Å². The summed E-state index contributed by atoms with van der Waals surface area (Å²) in [6.45, 7) is 13.1. The summed E-state index contributed by atoms with van der Waals surface area (Å²) in [6.07, 6.45) is 12.8. The first kappa shape index (κ1) is 37.6. The topological polar surface area (TPSA) is 41.2 Å². The van der Waals surface area contributed by atoms with Gasteiger partial charge < -0.3 is 9.47 Å².